The van der Waals surface area contributed by atoms with Crippen molar-refractivity contribution in [3.63, 3.8) is 0 Å². The van der Waals surface area contributed by atoms with E-state index in [-0.39, 0.29) is 0 Å². The second-order valence-corrected chi connectivity index (χ2v) is 5.93. The number of carbonyl (C=O) groups is 2. The van der Waals surface area contributed by atoms with Gasteiger partial charge >= 0.3 is 0 Å². The number of benzene rings is 2. The van der Waals surface area contributed by atoms with E-state index in [1.165, 1.54) is 0 Å². The van der Waals surface area contributed by atoms with Gasteiger partial charge in [-0.15, -0.1) is 0 Å². The Kier molecular flexibility index (Phi) is 3.43. The van der Waals surface area contributed by atoms with Gasteiger partial charge in [-0.1, -0.05) is 48.0 Å². The number of rotatable bonds is 3. The predicted molar refractivity (Wildman–Crippen MR) is 93.5 cm³/mol. The lowest BCUT2D eigenvalue weighted by molar-refractivity contribution is -0.112. The summed E-state index contributed by atoms with van der Waals surface area (Å²) >= 11 is 6.00. The fraction of sp³-hybridized carbons (Fsp3) is 0.0556. The molecule has 1 aromatic heterocycles. The minimum absolute atomic E-state index is 0.303. The van der Waals surface area contributed by atoms with Crippen LogP contribution in [0.3, 0.4) is 0 Å². The maximum atomic E-state index is 12.1. The highest BCUT2D eigenvalue weighted by molar-refractivity contribution is 6.53. The number of carbonyl (C=O) groups excluding carboxylic acids is 2. The Hall–Kier alpha value is -2.92. The largest absolute Gasteiger partial charge is 0.365 e. The first kappa shape index (κ1) is 14.7. The lowest BCUT2D eigenvalue weighted by Gasteiger charge is -2.11. The molecule has 0 bridgehead atoms. The van der Waals surface area contributed by atoms with Gasteiger partial charge in [0.2, 0.25) is 0 Å². The first-order valence-electron chi connectivity index (χ1n) is 7.40. The second-order valence-electron chi connectivity index (χ2n) is 5.50. The van der Waals surface area contributed by atoms with E-state index >= 15 is 0 Å². The van der Waals surface area contributed by atoms with E-state index in [0.29, 0.717) is 34.2 Å². The van der Waals surface area contributed by atoms with Crippen LogP contribution in [0.5, 0.6) is 0 Å². The normalized spacial score (nSPS) is 13.0. The van der Waals surface area contributed by atoms with Crippen molar-refractivity contribution in [2.75, 3.05) is 10.6 Å². The summed E-state index contributed by atoms with van der Waals surface area (Å²) in [6.07, 6.45) is 0. The van der Waals surface area contributed by atoms with Gasteiger partial charge < -0.3 is 10.6 Å². The van der Waals surface area contributed by atoms with E-state index in [9.17, 15) is 9.59 Å². The molecule has 0 radical (unpaired) electrons. The quantitative estimate of drug-likeness (QED) is 0.716. The Morgan fingerprint density at radius 2 is 1.83 bits per heavy atom. The van der Waals surface area contributed by atoms with Gasteiger partial charge in [0, 0.05) is 22.3 Å². The molecule has 118 valence electrons. The van der Waals surface area contributed by atoms with Crippen molar-refractivity contribution in [2.24, 2.45) is 0 Å². The highest BCUT2D eigenvalue weighted by atomic mass is 35.5. The first-order valence-corrected chi connectivity index (χ1v) is 7.78. The molecule has 0 unspecified atom stereocenters. The van der Waals surface area contributed by atoms with Gasteiger partial charge in [0.1, 0.15) is 11.6 Å². The van der Waals surface area contributed by atoms with Crippen molar-refractivity contribution in [2.45, 2.75) is 6.54 Å². The average Bonchev–Trinajstić information content (AvgIpc) is 2.87. The average molecular weight is 338 g/mol. The molecule has 0 saturated carbocycles. The van der Waals surface area contributed by atoms with E-state index < -0.39 is 11.7 Å². The van der Waals surface area contributed by atoms with Crippen LogP contribution in [0.25, 0.3) is 10.8 Å². The fourth-order valence-electron chi connectivity index (χ4n) is 2.83. The van der Waals surface area contributed by atoms with Gasteiger partial charge in [-0.2, -0.15) is 0 Å². The monoisotopic (exact) mass is 337 g/mol. The zero-order chi connectivity index (χ0) is 16.7. The van der Waals surface area contributed by atoms with E-state index in [1.807, 2.05) is 48.5 Å². The number of nitrogens with zero attached hydrogens (tertiary/aromatic N) is 1. The van der Waals surface area contributed by atoms with Crippen LogP contribution in [-0.4, -0.2) is 16.7 Å². The Labute approximate surface area is 142 Å². The van der Waals surface area contributed by atoms with Crippen LogP contribution in [-0.2, 0) is 11.3 Å². The molecule has 0 atom stereocenters. The van der Waals surface area contributed by atoms with Crippen LogP contribution >= 0.6 is 11.6 Å². The van der Waals surface area contributed by atoms with E-state index in [0.717, 1.165) is 10.9 Å². The third-order valence-corrected chi connectivity index (χ3v) is 4.16. The Morgan fingerprint density at radius 3 is 2.62 bits per heavy atom. The number of halogens is 1. The Bertz CT molecular complexity index is 1000. The number of fused-ring (bicyclic) bond motifs is 3. The number of anilines is 2. The van der Waals surface area contributed by atoms with Gasteiger partial charge in [-0.25, -0.2) is 4.98 Å². The summed E-state index contributed by atoms with van der Waals surface area (Å²) in [5, 5.41) is 7.95. The third kappa shape index (κ3) is 2.39. The zero-order valence-corrected chi connectivity index (χ0v) is 13.2. The molecular formula is C18H12ClN3O2. The zero-order valence-electron chi connectivity index (χ0n) is 12.5. The van der Waals surface area contributed by atoms with Crippen molar-refractivity contribution in [3.05, 3.63) is 64.7 Å². The van der Waals surface area contributed by atoms with Crippen LogP contribution in [0.2, 0.25) is 5.02 Å². The first-order chi connectivity index (χ1) is 11.6. The maximum Gasteiger partial charge on any atom is 0.298 e. The molecule has 0 spiro atoms. The molecule has 0 saturated heterocycles. The number of ketones is 1. The highest BCUT2D eigenvalue weighted by Crippen LogP contribution is 2.33. The number of hydrogen-bond donors (Lipinski definition) is 2. The van der Waals surface area contributed by atoms with Gasteiger partial charge in [-0.05, 0) is 17.7 Å². The van der Waals surface area contributed by atoms with Crippen molar-refractivity contribution in [3.8, 4) is 0 Å². The topological polar surface area (TPSA) is 71.1 Å². The Morgan fingerprint density at radius 1 is 1.04 bits per heavy atom. The lowest BCUT2D eigenvalue weighted by atomic mass is 10.0. The van der Waals surface area contributed by atoms with Crippen LogP contribution in [0.15, 0.2) is 48.5 Å². The molecule has 2 aromatic carbocycles. The number of pyridine rings is 1. The summed E-state index contributed by atoms with van der Waals surface area (Å²) in [5.74, 6) is -0.277. The summed E-state index contributed by atoms with van der Waals surface area (Å²) in [7, 11) is 0. The summed E-state index contributed by atoms with van der Waals surface area (Å²) in [4.78, 5) is 28.1. The molecule has 6 heteroatoms. The SMILES string of the molecule is O=C1Nc2nc(NCc3cccc(Cl)c3)c3ccccc3c2C1=O. The summed E-state index contributed by atoms with van der Waals surface area (Å²) in [5.41, 5.74) is 1.35. The molecule has 2 N–H and O–H groups in total. The predicted octanol–water partition coefficient (Wildman–Crippen LogP) is 3.64. The van der Waals surface area contributed by atoms with Crippen LogP contribution < -0.4 is 10.6 Å². The minimum Gasteiger partial charge on any atom is -0.365 e. The molecule has 1 amide bonds. The van der Waals surface area contributed by atoms with E-state index in [2.05, 4.69) is 15.6 Å². The smallest absolute Gasteiger partial charge is 0.298 e. The van der Waals surface area contributed by atoms with Crippen molar-refractivity contribution in [1.29, 1.82) is 0 Å². The Balaban J connectivity index is 1.77. The molecule has 1 aliphatic heterocycles. The molecule has 5 nitrogen and oxygen atoms in total. The second kappa shape index (κ2) is 5.62. The number of nitrogens with one attached hydrogen (secondary N) is 2. The number of amides is 1. The van der Waals surface area contributed by atoms with Crippen LogP contribution in [0.1, 0.15) is 15.9 Å². The van der Waals surface area contributed by atoms with Crippen LogP contribution in [0.4, 0.5) is 11.6 Å². The number of Topliss-reactive ketones (excluding diaryl/α,β-unsaturated/α-hetero) is 1. The van der Waals surface area contributed by atoms with Crippen molar-refractivity contribution in [1.82, 2.24) is 4.98 Å². The molecule has 2 heterocycles. The number of aromatic nitrogens is 1. The van der Waals surface area contributed by atoms with Crippen molar-refractivity contribution >= 4 is 45.7 Å². The van der Waals surface area contributed by atoms with Crippen molar-refractivity contribution < 1.29 is 9.59 Å². The lowest BCUT2D eigenvalue weighted by Crippen LogP contribution is -2.12. The minimum atomic E-state index is -0.644. The fourth-order valence-corrected chi connectivity index (χ4v) is 3.04. The van der Waals surface area contributed by atoms with E-state index in [1.54, 1.807) is 0 Å². The van der Waals surface area contributed by atoms with Gasteiger partial charge in [-0.3, -0.25) is 9.59 Å². The number of hydrogen-bond acceptors (Lipinski definition) is 4. The molecule has 0 aliphatic carbocycles. The van der Waals surface area contributed by atoms with Gasteiger partial charge in [0.15, 0.2) is 0 Å². The van der Waals surface area contributed by atoms with Gasteiger partial charge in [0.05, 0.1) is 5.56 Å². The highest BCUT2D eigenvalue weighted by Gasteiger charge is 2.32. The molecule has 4 rings (SSSR count). The third-order valence-electron chi connectivity index (χ3n) is 3.93. The molecular weight excluding hydrogens is 326 g/mol. The summed E-state index contributed by atoms with van der Waals surface area (Å²) in [6.45, 7) is 0.526. The maximum absolute atomic E-state index is 12.1. The molecule has 24 heavy (non-hydrogen) atoms. The molecule has 1 aliphatic rings. The molecule has 3 aromatic rings. The van der Waals surface area contributed by atoms with Crippen LogP contribution in [0, 0.1) is 0 Å². The van der Waals surface area contributed by atoms with Gasteiger partial charge in [0.25, 0.3) is 11.7 Å². The standard InChI is InChI=1S/C18H12ClN3O2/c19-11-5-3-4-10(8-11)9-20-16-13-7-2-1-6-12(13)14-15(23)18(24)22-17(14)21-16/h1-8H,9H2,(H2,20,21,22,23,24). The molecule has 0 fully saturated rings. The summed E-state index contributed by atoms with van der Waals surface area (Å²) in [6, 6.07) is 14.9. The van der Waals surface area contributed by atoms with E-state index in [4.69, 9.17) is 11.6 Å². The summed E-state index contributed by atoms with van der Waals surface area (Å²) < 4.78 is 0.